The topological polar surface area (TPSA) is 102 Å². The lowest BCUT2D eigenvalue weighted by atomic mass is 9.82. The number of carboxylic acid groups (broad SMARTS) is 1. The number of H-pyrrole nitrogens is 1. The van der Waals surface area contributed by atoms with Crippen molar-refractivity contribution in [3.8, 4) is 5.69 Å². The highest BCUT2D eigenvalue weighted by Gasteiger charge is 2.41. The predicted molar refractivity (Wildman–Crippen MR) is 127 cm³/mol. The number of aromatic nitrogens is 4. The Hall–Kier alpha value is -3.30. The summed E-state index contributed by atoms with van der Waals surface area (Å²) in [6.07, 6.45) is 4.56. The average Bonchev–Trinajstić information content (AvgIpc) is 3.46. The molecule has 2 saturated heterocycles. The fourth-order valence-electron chi connectivity index (χ4n) is 5.54. The van der Waals surface area contributed by atoms with E-state index in [1.54, 1.807) is 25.3 Å². The highest BCUT2D eigenvalue weighted by molar-refractivity contribution is 5.93. The molecule has 0 bridgehead atoms. The molecule has 8 nitrogen and oxygen atoms in total. The van der Waals surface area contributed by atoms with Crippen LogP contribution < -0.4 is 0 Å². The maximum absolute atomic E-state index is 13.9. The third-order valence-electron chi connectivity index (χ3n) is 7.55. The quantitative estimate of drug-likeness (QED) is 0.442. The molecule has 35 heavy (non-hydrogen) atoms. The van der Waals surface area contributed by atoms with Gasteiger partial charge in [-0.2, -0.15) is 5.10 Å². The minimum absolute atomic E-state index is 0.0164. The Morgan fingerprint density at radius 1 is 1.20 bits per heavy atom. The predicted octanol–water partition coefficient (Wildman–Crippen LogP) is 4.67. The summed E-state index contributed by atoms with van der Waals surface area (Å²) in [4.78, 5) is 16.8. The summed E-state index contributed by atoms with van der Waals surface area (Å²) >= 11 is 0. The molecule has 4 aromatic rings. The molecule has 0 unspecified atom stereocenters. The molecule has 9 heteroatoms. The molecular formula is C26H27FN4O4. The van der Waals surface area contributed by atoms with Gasteiger partial charge in [-0.25, -0.2) is 14.2 Å². The SMILES string of the molecule is C[C@@]1(C(=O)O)CC[C@@H](c2c(C3CCOCC3)n(-c3ccc(F)cc3)c3cc4cn[nH]c4nc23)CO1. The summed E-state index contributed by atoms with van der Waals surface area (Å²) in [6, 6.07) is 8.60. The van der Waals surface area contributed by atoms with Gasteiger partial charge in [0.1, 0.15) is 5.82 Å². The average molecular weight is 479 g/mol. The normalized spacial score (nSPS) is 23.8. The first-order chi connectivity index (χ1) is 16.9. The van der Waals surface area contributed by atoms with Gasteiger partial charge < -0.3 is 19.1 Å². The number of pyridine rings is 1. The van der Waals surface area contributed by atoms with Crippen LogP contribution in [0, 0.1) is 5.82 Å². The highest BCUT2D eigenvalue weighted by atomic mass is 19.1. The van der Waals surface area contributed by atoms with E-state index in [0.717, 1.165) is 46.2 Å². The first-order valence-corrected chi connectivity index (χ1v) is 12.0. The number of aliphatic carboxylic acids is 1. The first-order valence-electron chi connectivity index (χ1n) is 12.0. The van der Waals surface area contributed by atoms with Crippen LogP contribution in [0.1, 0.15) is 55.7 Å². The number of hydrogen-bond acceptors (Lipinski definition) is 5. The van der Waals surface area contributed by atoms with Crippen LogP contribution in [-0.4, -0.2) is 56.2 Å². The lowest BCUT2D eigenvalue weighted by molar-refractivity contribution is -0.170. The summed E-state index contributed by atoms with van der Waals surface area (Å²) in [5.74, 6) is -1.02. The molecular weight excluding hydrogens is 451 g/mol. The van der Waals surface area contributed by atoms with Gasteiger partial charge in [0.25, 0.3) is 0 Å². The number of aromatic amines is 1. The molecule has 0 aliphatic carbocycles. The third kappa shape index (κ3) is 3.70. The number of carboxylic acids is 1. The Labute approximate surface area is 201 Å². The summed E-state index contributed by atoms with van der Waals surface area (Å²) in [6.45, 7) is 3.28. The number of benzene rings is 1. The van der Waals surface area contributed by atoms with E-state index in [1.807, 2.05) is 0 Å². The van der Waals surface area contributed by atoms with Crippen LogP contribution in [0.3, 0.4) is 0 Å². The zero-order valence-electron chi connectivity index (χ0n) is 19.5. The Morgan fingerprint density at radius 2 is 1.97 bits per heavy atom. The maximum Gasteiger partial charge on any atom is 0.335 e. The van der Waals surface area contributed by atoms with Crippen molar-refractivity contribution in [1.29, 1.82) is 0 Å². The second-order valence-corrected chi connectivity index (χ2v) is 9.74. The maximum atomic E-state index is 13.9. The van der Waals surface area contributed by atoms with E-state index in [2.05, 4.69) is 20.8 Å². The van der Waals surface area contributed by atoms with Crippen LogP contribution in [0.2, 0.25) is 0 Å². The number of rotatable bonds is 4. The minimum atomic E-state index is -1.19. The zero-order valence-corrected chi connectivity index (χ0v) is 19.5. The molecule has 6 rings (SSSR count). The Kier molecular flexibility index (Phi) is 5.34. The van der Waals surface area contributed by atoms with Crippen LogP contribution in [0.4, 0.5) is 4.39 Å². The van der Waals surface area contributed by atoms with E-state index in [9.17, 15) is 14.3 Å². The number of nitrogens with zero attached hydrogens (tertiary/aromatic N) is 3. The van der Waals surface area contributed by atoms with Crippen molar-refractivity contribution in [2.24, 2.45) is 0 Å². The number of carbonyl (C=O) groups is 1. The number of fused-ring (bicyclic) bond motifs is 2. The molecule has 5 heterocycles. The number of hydrogen-bond donors (Lipinski definition) is 2. The molecule has 2 aliphatic rings. The summed E-state index contributed by atoms with van der Waals surface area (Å²) in [7, 11) is 0. The van der Waals surface area contributed by atoms with E-state index in [-0.39, 0.29) is 17.7 Å². The van der Waals surface area contributed by atoms with Crippen molar-refractivity contribution in [3.63, 3.8) is 0 Å². The zero-order chi connectivity index (χ0) is 24.2. The van der Waals surface area contributed by atoms with Gasteiger partial charge in [0.2, 0.25) is 0 Å². The van der Waals surface area contributed by atoms with E-state index in [1.165, 1.54) is 12.1 Å². The molecule has 1 aromatic carbocycles. The van der Waals surface area contributed by atoms with Gasteiger partial charge in [0.15, 0.2) is 11.2 Å². The van der Waals surface area contributed by atoms with Crippen molar-refractivity contribution < 1.29 is 23.8 Å². The van der Waals surface area contributed by atoms with E-state index < -0.39 is 11.6 Å². The first kappa shape index (κ1) is 22.2. The third-order valence-corrected chi connectivity index (χ3v) is 7.55. The van der Waals surface area contributed by atoms with Crippen molar-refractivity contribution in [3.05, 3.63) is 53.6 Å². The molecule has 2 N–H and O–H groups in total. The fraction of sp³-hybridized carbons (Fsp3) is 0.423. The molecule has 182 valence electrons. The van der Waals surface area contributed by atoms with Gasteiger partial charge in [-0.15, -0.1) is 0 Å². The van der Waals surface area contributed by atoms with Crippen molar-refractivity contribution in [1.82, 2.24) is 19.7 Å². The second kappa shape index (κ2) is 8.42. The smallest absolute Gasteiger partial charge is 0.335 e. The molecule has 0 saturated carbocycles. The van der Waals surface area contributed by atoms with Crippen LogP contribution in [0.5, 0.6) is 0 Å². The van der Waals surface area contributed by atoms with E-state index in [4.69, 9.17) is 14.5 Å². The monoisotopic (exact) mass is 478 g/mol. The lowest BCUT2D eigenvalue weighted by Gasteiger charge is -2.35. The number of halogens is 1. The summed E-state index contributed by atoms with van der Waals surface area (Å²) in [5.41, 5.74) is 4.36. The van der Waals surface area contributed by atoms with Gasteiger partial charge in [0.05, 0.1) is 23.8 Å². The Bertz CT molecular complexity index is 1400. The second-order valence-electron chi connectivity index (χ2n) is 9.74. The van der Waals surface area contributed by atoms with Crippen LogP contribution >= 0.6 is 0 Å². The molecule has 0 amide bonds. The van der Waals surface area contributed by atoms with E-state index in [0.29, 0.717) is 38.3 Å². The van der Waals surface area contributed by atoms with Crippen LogP contribution in [0.15, 0.2) is 36.5 Å². The van der Waals surface area contributed by atoms with Gasteiger partial charge in [0, 0.05) is 47.4 Å². The standard InChI is InChI=1S/C26H27FN4O4/c1-26(25(32)33)9-6-16(14-35-26)21-22-20(12-17-13-28-30-24(17)29-22)31(19-4-2-18(27)3-5-19)23(21)15-7-10-34-11-8-15/h2-5,12-13,15-16H,6-11,14H2,1H3,(H,32,33)(H,28,29,30)/t16-,26+/m1/s1. The van der Waals surface area contributed by atoms with Gasteiger partial charge in [-0.3, -0.25) is 5.10 Å². The summed E-state index contributed by atoms with van der Waals surface area (Å²) in [5, 5.41) is 17.7. The molecule has 2 fully saturated rings. The van der Waals surface area contributed by atoms with Crippen molar-refractivity contribution in [2.45, 2.75) is 50.0 Å². The van der Waals surface area contributed by atoms with Crippen molar-refractivity contribution in [2.75, 3.05) is 19.8 Å². The van der Waals surface area contributed by atoms with Crippen LogP contribution in [-0.2, 0) is 14.3 Å². The van der Waals surface area contributed by atoms with Crippen LogP contribution in [0.25, 0.3) is 27.8 Å². The van der Waals surface area contributed by atoms with Crippen molar-refractivity contribution >= 4 is 28.0 Å². The van der Waals surface area contributed by atoms with Gasteiger partial charge in [-0.1, -0.05) is 0 Å². The number of ether oxygens (including phenoxy) is 2. The summed E-state index contributed by atoms with van der Waals surface area (Å²) < 4.78 is 27.7. The van der Waals surface area contributed by atoms with Gasteiger partial charge >= 0.3 is 5.97 Å². The largest absolute Gasteiger partial charge is 0.479 e. The lowest BCUT2D eigenvalue weighted by Crippen LogP contribution is -2.43. The minimum Gasteiger partial charge on any atom is -0.479 e. The highest BCUT2D eigenvalue weighted by Crippen LogP contribution is 2.45. The Morgan fingerprint density at radius 3 is 2.66 bits per heavy atom. The molecule has 0 radical (unpaired) electrons. The molecule has 0 spiro atoms. The molecule has 2 atom stereocenters. The Balaban J connectivity index is 1.60. The fourth-order valence-corrected chi connectivity index (χ4v) is 5.54. The van der Waals surface area contributed by atoms with Gasteiger partial charge in [-0.05, 0) is 62.9 Å². The number of nitrogens with one attached hydrogen (secondary N) is 1. The van der Waals surface area contributed by atoms with E-state index >= 15 is 0 Å². The molecule has 2 aliphatic heterocycles. The molecule has 3 aromatic heterocycles.